The molecule has 0 saturated heterocycles. The summed E-state index contributed by atoms with van der Waals surface area (Å²) in [6.45, 7) is 6.13. The van der Waals surface area contributed by atoms with Crippen LogP contribution in [0.5, 0.6) is 0 Å². The van der Waals surface area contributed by atoms with Crippen LogP contribution < -0.4 is 4.90 Å². The molecule has 0 N–H and O–H groups in total. The first-order chi connectivity index (χ1) is 12.1. The Bertz CT molecular complexity index is 815. The van der Waals surface area contributed by atoms with Crippen molar-refractivity contribution in [3.05, 3.63) is 66.2 Å². The summed E-state index contributed by atoms with van der Waals surface area (Å²) in [6.07, 6.45) is 5.15. The van der Waals surface area contributed by atoms with Crippen molar-refractivity contribution in [2.45, 2.75) is 38.6 Å². The predicted molar refractivity (Wildman–Crippen MR) is 108 cm³/mol. The topological polar surface area (TPSA) is 15.6 Å². The SMILES string of the molecule is C=C(C)c1ccc2c(c1)N=C(CCC1CC1)C(c1ccccc1)N2C. The van der Waals surface area contributed by atoms with Crippen LogP contribution in [0.25, 0.3) is 5.57 Å². The van der Waals surface area contributed by atoms with E-state index in [9.17, 15) is 0 Å². The number of aliphatic imine (C=N–C) groups is 1. The maximum Gasteiger partial charge on any atom is 0.0924 e. The number of hydrogen-bond donors (Lipinski definition) is 0. The highest BCUT2D eigenvalue weighted by Gasteiger charge is 2.30. The number of fused-ring (bicyclic) bond motifs is 1. The van der Waals surface area contributed by atoms with E-state index in [4.69, 9.17) is 4.99 Å². The largest absolute Gasteiger partial charge is 0.360 e. The predicted octanol–water partition coefficient (Wildman–Crippen LogP) is 6.17. The Balaban J connectivity index is 1.75. The Kier molecular flexibility index (Phi) is 4.20. The van der Waals surface area contributed by atoms with Crippen molar-refractivity contribution >= 4 is 22.7 Å². The van der Waals surface area contributed by atoms with Gasteiger partial charge in [0, 0.05) is 12.8 Å². The van der Waals surface area contributed by atoms with Crippen LogP contribution in [0.2, 0.25) is 0 Å². The molecule has 1 atom stereocenters. The normalized spacial score (nSPS) is 19.4. The molecule has 2 heteroatoms. The smallest absolute Gasteiger partial charge is 0.0924 e. The summed E-state index contributed by atoms with van der Waals surface area (Å²) in [6, 6.07) is 17.6. The van der Waals surface area contributed by atoms with Crippen LogP contribution in [0.1, 0.15) is 49.8 Å². The van der Waals surface area contributed by atoms with E-state index in [0.717, 1.165) is 23.6 Å². The van der Waals surface area contributed by atoms with Crippen molar-refractivity contribution in [2.24, 2.45) is 10.9 Å². The van der Waals surface area contributed by atoms with E-state index in [2.05, 4.69) is 74.0 Å². The van der Waals surface area contributed by atoms with Crippen LogP contribution in [0, 0.1) is 5.92 Å². The summed E-state index contributed by atoms with van der Waals surface area (Å²) in [5.41, 5.74) is 7.18. The number of benzene rings is 2. The summed E-state index contributed by atoms with van der Waals surface area (Å²) in [4.78, 5) is 7.52. The Labute approximate surface area is 150 Å². The van der Waals surface area contributed by atoms with Gasteiger partial charge in [0.2, 0.25) is 0 Å². The maximum atomic E-state index is 5.13. The Morgan fingerprint density at radius 2 is 1.92 bits per heavy atom. The molecule has 1 saturated carbocycles. The Morgan fingerprint density at radius 3 is 2.60 bits per heavy atom. The first-order valence-electron chi connectivity index (χ1n) is 9.28. The van der Waals surface area contributed by atoms with Gasteiger partial charge in [-0.3, -0.25) is 4.99 Å². The Hall–Kier alpha value is -2.35. The third kappa shape index (κ3) is 3.26. The van der Waals surface area contributed by atoms with Gasteiger partial charge in [-0.05, 0) is 48.9 Å². The van der Waals surface area contributed by atoms with E-state index < -0.39 is 0 Å². The van der Waals surface area contributed by atoms with Crippen LogP contribution in [0.3, 0.4) is 0 Å². The second kappa shape index (κ2) is 6.51. The van der Waals surface area contributed by atoms with Gasteiger partial charge in [-0.1, -0.05) is 61.4 Å². The zero-order valence-electron chi connectivity index (χ0n) is 15.2. The van der Waals surface area contributed by atoms with Crippen molar-refractivity contribution in [2.75, 3.05) is 11.9 Å². The number of rotatable bonds is 5. The molecule has 0 radical (unpaired) electrons. The molecule has 1 unspecified atom stereocenters. The summed E-state index contributed by atoms with van der Waals surface area (Å²) in [5.74, 6) is 0.924. The quantitative estimate of drug-likeness (QED) is 0.639. The zero-order valence-corrected chi connectivity index (χ0v) is 15.2. The minimum absolute atomic E-state index is 0.239. The lowest BCUT2D eigenvalue weighted by molar-refractivity contribution is 0.725. The fourth-order valence-corrected chi connectivity index (χ4v) is 3.76. The molecule has 128 valence electrons. The van der Waals surface area contributed by atoms with Gasteiger partial charge in [-0.25, -0.2) is 0 Å². The van der Waals surface area contributed by atoms with Gasteiger partial charge in [0.05, 0.1) is 17.4 Å². The molecule has 25 heavy (non-hydrogen) atoms. The summed E-state index contributed by atoms with van der Waals surface area (Å²) in [7, 11) is 2.20. The van der Waals surface area contributed by atoms with Gasteiger partial charge in [0.1, 0.15) is 0 Å². The molecular weight excluding hydrogens is 304 g/mol. The molecule has 2 aromatic rings. The summed E-state index contributed by atoms with van der Waals surface area (Å²) < 4.78 is 0. The molecule has 0 spiro atoms. The molecule has 1 fully saturated rings. The van der Waals surface area contributed by atoms with Gasteiger partial charge >= 0.3 is 0 Å². The molecule has 0 amide bonds. The third-order valence-corrected chi connectivity index (χ3v) is 5.44. The van der Waals surface area contributed by atoms with E-state index in [1.807, 2.05) is 0 Å². The van der Waals surface area contributed by atoms with Crippen LogP contribution in [0.15, 0.2) is 60.1 Å². The van der Waals surface area contributed by atoms with E-state index in [1.54, 1.807) is 0 Å². The highest BCUT2D eigenvalue weighted by Crippen LogP contribution is 2.43. The minimum atomic E-state index is 0.239. The molecule has 4 rings (SSSR count). The molecule has 1 aliphatic heterocycles. The second-order valence-electron chi connectivity index (χ2n) is 7.49. The summed E-state index contributed by atoms with van der Waals surface area (Å²) in [5, 5.41) is 0. The first-order valence-corrected chi connectivity index (χ1v) is 9.28. The van der Waals surface area contributed by atoms with Crippen LogP contribution in [-0.2, 0) is 0 Å². The van der Waals surface area contributed by atoms with Crippen LogP contribution >= 0.6 is 0 Å². The van der Waals surface area contributed by atoms with Crippen molar-refractivity contribution in [1.82, 2.24) is 0 Å². The van der Waals surface area contributed by atoms with Gasteiger partial charge < -0.3 is 4.90 Å². The van der Waals surface area contributed by atoms with Crippen molar-refractivity contribution in [3.8, 4) is 0 Å². The molecular formula is C23H26N2. The van der Waals surface area contributed by atoms with Crippen molar-refractivity contribution < 1.29 is 0 Å². The monoisotopic (exact) mass is 330 g/mol. The summed E-state index contributed by atoms with van der Waals surface area (Å²) >= 11 is 0. The molecule has 2 nitrogen and oxygen atoms in total. The molecule has 1 aliphatic carbocycles. The lowest BCUT2D eigenvalue weighted by Gasteiger charge is -2.36. The lowest BCUT2D eigenvalue weighted by Crippen LogP contribution is -2.33. The number of hydrogen-bond acceptors (Lipinski definition) is 2. The fourth-order valence-electron chi connectivity index (χ4n) is 3.76. The molecule has 1 heterocycles. The second-order valence-corrected chi connectivity index (χ2v) is 7.49. The lowest BCUT2D eigenvalue weighted by atomic mass is 9.93. The maximum absolute atomic E-state index is 5.13. The Morgan fingerprint density at radius 1 is 1.16 bits per heavy atom. The molecule has 0 bridgehead atoms. The highest BCUT2D eigenvalue weighted by atomic mass is 15.2. The van der Waals surface area contributed by atoms with E-state index in [0.29, 0.717) is 0 Å². The highest BCUT2D eigenvalue weighted by molar-refractivity contribution is 5.99. The van der Waals surface area contributed by atoms with E-state index in [-0.39, 0.29) is 6.04 Å². The fraction of sp³-hybridized carbons (Fsp3) is 0.348. The number of allylic oxidation sites excluding steroid dienone is 1. The first kappa shape index (κ1) is 16.1. The van der Waals surface area contributed by atoms with Crippen molar-refractivity contribution in [1.29, 1.82) is 0 Å². The minimum Gasteiger partial charge on any atom is -0.360 e. The van der Waals surface area contributed by atoms with Gasteiger partial charge in [-0.15, -0.1) is 0 Å². The molecule has 2 aromatic carbocycles. The zero-order chi connectivity index (χ0) is 17.4. The average molecular weight is 330 g/mol. The van der Waals surface area contributed by atoms with E-state index >= 15 is 0 Å². The third-order valence-electron chi connectivity index (χ3n) is 5.44. The van der Waals surface area contributed by atoms with Crippen LogP contribution in [0.4, 0.5) is 11.4 Å². The van der Waals surface area contributed by atoms with Gasteiger partial charge in [-0.2, -0.15) is 0 Å². The standard InChI is InChI=1S/C23H26N2/c1-16(2)19-12-14-22-21(15-19)24-20(13-11-17-9-10-17)23(25(22)3)18-7-5-4-6-8-18/h4-8,12,14-15,17,23H,1,9-11,13H2,2-3H3. The average Bonchev–Trinajstić information content (AvgIpc) is 3.44. The van der Waals surface area contributed by atoms with E-state index in [1.165, 1.54) is 41.8 Å². The molecule has 2 aliphatic rings. The van der Waals surface area contributed by atoms with Crippen molar-refractivity contribution in [3.63, 3.8) is 0 Å². The number of nitrogens with zero attached hydrogens (tertiary/aromatic N) is 2. The van der Waals surface area contributed by atoms with Gasteiger partial charge in [0.15, 0.2) is 0 Å². The van der Waals surface area contributed by atoms with Crippen LogP contribution in [-0.4, -0.2) is 12.8 Å². The molecule has 0 aromatic heterocycles. The number of anilines is 1. The van der Waals surface area contributed by atoms with Gasteiger partial charge in [0.25, 0.3) is 0 Å².